The molecule has 25 heavy (non-hydrogen) atoms. The molecule has 0 amide bonds. The van der Waals surface area contributed by atoms with Crippen molar-refractivity contribution in [3.63, 3.8) is 0 Å². The quantitative estimate of drug-likeness (QED) is 0.541. The maximum absolute atomic E-state index is 6.03. The van der Waals surface area contributed by atoms with Crippen LogP contribution in [0.4, 0.5) is 0 Å². The Morgan fingerprint density at radius 1 is 1.28 bits per heavy atom. The van der Waals surface area contributed by atoms with Crippen molar-refractivity contribution < 1.29 is 9.47 Å². The number of aromatic amines is 1. The van der Waals surface area contributed by atoms with Gasteiger partial charge in [-0.15, -0.1) is 0 Å². The highest BCUT2D eigenvalue weighted by atomic mass is 32.1. The molecule has 7 heteroatoms. The standard InChI is InChI=1S/C18H18N4O2S/c1-13-5-3-6-14(9-13)11-24-17-15(7-4-8-16(17)23-2)10-20-22-12-19-21-18(22)25/h3-10,12H,11H2,1-2H3,(H,21,25)/b20-10-. The number of aryl methyl sites for hydroxylation is 1. The smallest absolute Gasteiger partial charge is 0.216 e. The molecule has 0 saturated carbocycles. The van der Waals surface area contributed by atoms with Crippen LogP contribution in [0, 0.1) is 11.7 Å². The summed E-state index contributed by atoms with van der Waals surface area (Å²) < 4.78 is 13.3. The van der Waals surface area contributed by atoms with Crippen molar-refractivity contribution in [2.45, 2.75) is 13.5 Å². The van der Waals surface area contributed by atoms with Gasteiger partial charge in [0.1, 0.15) is 12.9 Å². The number of para-hydroxylation sites is 1. The summed E-state index contributed by atoms with van der Waals surface area (Å²) in [5.41, 5.74) is 3.07. The molecular weight excluding hydrogens is 336 g/mol. The van der Waals surface area contributed by atoms with E-state index in [1.165, 1.54) is 16.6 Å². The fourth-order valence-electron chi connectivity index (χ4n) is 2.36. The monoisotopic (exact) mass is 354 g/mol. The first-order valence-corrected chi connectivity index (χ1v) is 8.10. The maximum atomic E-state index is 6.03. The van der Waals surface area contributed by atoms with Crippen molar-refractivity contribution in [2.24, 2.45) is 5.10 Å². The summed E-state index contributed by atoms with van der Waals surface area (Å²) in [6, 6.07) is 13.8. The lowest BCUT2D eigenvalue weighted by Gasteiger charge is -2.13. The second-order valence-corrected chi connectivity index (χ2v) is 5.79. The maximum Gasteiger partial charge on any atom is 0.216 e. The average molecular weight is 354 g/mol. The molecule has 0 bridgehead atoms. The Kier molecular flexibility index (Phi) is 5.25. The molecule has 6 nitrogen and oxygen atoms in total. The number of aromatic nitrogens is 3. The van der Waals surface area contributed by atoms with E-state index in [1.54, 1.807) is 13.3 Å². The first-order valence-electron chi connectivity index (χ1n) is 7.69. The molecule has 128 valence electrons. The number of nitrogens with one attached hydrogen (secondary N) is 1. The van der Waals surface area contributed by atoms with Crippen LogP contribution in [0.1, 0.15) is 16.7 Å². The van der Waals surface area contributed by atoms with Crippen molar-refractivity contribution in [3.05, 3.63) is 70.3 Å². The van der Waals surface area contributed by atoms with Crippen LogP contribution in [0.3, 0.4) is 0 Å². The Balaban J connectivity index is 1.87. The molecule has 1 heterocycles. The van der Waals surface area contributed by atoms with Crippen LogP contribution in [0.2, 0.25) is 0 Å². The van der Waals surface area contributed by atoms with E-state index < -0.39 is 0 Å². The minimum absolute atomic E-state index is 0.418. The minimum Gasteiger partial charge on any atom is -0.493 e. The van der Waals surface area contributed by atoms with Crippen LogP contribution in [0.5, 0.6) is 11.5 Å². The number of H-pyrrole nitrogens is 1. The van der Waals surface area contributed by atoms with E-state index in [1.807, 2.05) is 30.3 Å². The third-order valence-electron chi connectivity index (χ3n) is 3.55. The first kappa shape index (κ1) is 16.9. The topological polar surface area (TPSA) is 64.4 Å². The first-order chi connectivity index (χ1) is 12.2. The number of rotatable bonds is 6. The van der Waals surface area contributed by atoms with Crippen molar-refractivity contribution in [1.82, 2.24) is 14.9 Å². The second kappa shape index (κ2) is 7.76. The highest BCUT2D eigenvalue weighted by molar-refractivity contribution is 7.71. The third kappa shape index (κ3) is 4.13. The van der Waals surface area contributed by atoms with E-state index in [4.69, 9.17) is 21.7 Å². The van der Waals surface area contributed by atoms with Gasteiger partial charge >= 0.3 is 0 Å². The minimum atomic E-state index is 0.418. The van der Waals surface area contributed by atoms with E-state index in [-0.39, 0.29) is 0 Å². The lowest BCUT2D eigenvalue weighted by Crippen LogP contribution is -2.01. The van der Waals surface area contributed by atoms with Gasteiger partial charge in [0, 0.05) is 5.56 Å². The molecule has 1 N–H and O–H groups in total. The number of benzene rings is 2. The summed E-state index contributed by atoms with van der Waals surface area (Å²) in [6.45, 7) is 2.49. The molecule has 3 rings (SSSR count). The predicted molar refractivity (Wildman–Crippen MR) is 98.9 cm³/mol. The number of nitrogens with zero attached hydrogens (tertiary/aromatic N) is 3. The van der Waals surface area contributed by atoms with Crippen molar-refractivity contribution in [2.75, 3.05) is 7.11 Å². The molecule has 0 spiro atoms. The van der Waals surface area contributed by atoms with E-state index in [0.717, 1.165) is 11.1 Å². The Labute approximate surface area is 150 Å². The van der Waals surface area contributed by atoms with Gasteiger partial charge in [0.05, 0.1) is 13.3 Å². The van der Waals surface area contributed by atoms with E-state index in [2.05, 4.69) is 34.4 Å². The summed E-state index contributed by atoms with van der Waals surface area (Å²) >= 11 is 5.08. The molecule has 3 aromatic rings. The predicted octanol–water partition coefficient (Wildman–Crippen LogP) is 3.72. The zero-order chi connectivity index (χ0) is 17.6. The number of hydrogen-bond donors (Lipinski definition) is 1. The van der Waals surface area contributed by atoms with Gasteiger partial charge in [0.15, 0.2) is 11.5 Å². The fourth-order valence-corrected chi connectivity index (χ4v) is 2.50. The van der Waals surface area contributed by atoms with Gasteiger partial charge in [-0.25, -0.2) is 0 Å². The van der Waals surface area contributed by atoms with Gasteiger partial charge in [0.2, 0.25) is 4.77 Å². The van der Waals surface area contributed by atoms with E-state index >= 15 is 0 Å². The van der Waals surface area contributed by atoms with Crippen LogP contribution in [0.15, 0.2) is 53.9 Å². The largest absolute Gasteiger partial charge is 0.493 e. The second-order valence-electron chi connectivity index (χ2n) is 5.41. The van der Waals surface area contributed by atoms with Crippen molar-refractivity contribution in [3.8, 4) is 11.5 Å². The van der Waals surface area contributed by atoms with E-state index in [0.29, 0.717) is 22.9 Å². The van der Waals surface area contributed by atoms with E-state index in [9.17, 15) is 0 Å². The van der Waals surface area contributed by atoms with Crippen molar-refractivity contribution >= 4 is 18.4 Å². The molecule has 0 fully saturated rings. The molecule has 2 aromatic carbocycles. The molecule has 0 unspecified atom stereocenters. The van der Waals surface area contributed by atoms with Gasteiger partial charge < -0.3 is 9.47 Å². The lowest BCUT2D eigenvalue weighted by atomic mass is 10.1. The SMILES string of the molecule is COc1cccc(/C=N\n2cn[nH]c2=S)c1OCc1cccc(C)c1. The molecule has 0 atom stereocenters. The lowest BCUT2D eigenvalue weighted by molar-refractivity contribution is 0.284. The normalized spacial score (nSPS) is 11.0. The number of hydrogen-bond acceptors (Lipinski definition) is 5. The van der Waals surface area contributed by atoms with Crippen molar-refractivity contribution in [1.29, 1.82) is 0 Å². The average Bonchev–Trinajstić information content (AvgIpc) is 3.03. The van der Waals surface area contributed by atoms with Gasteiger partial charge in [-0.3, -0.25) is 5.10 Å². The Morgan fingerprint density at radius 3 is 2.84 bits per heavy atom. The summed E-state index contributed by atoms with van der Waals surface area (Å²) in [6.07, 6.45) is 3.17. The van der Waals surface area contributed by atoms with Crippen LogP contribution in [0.25, 0.3) is 0 Å². The Hall–Kier alpha value is -2.93. The molecule has 0 aliphatic heterocycles. The van der Waals surface area contributed by atoms with Gasteiger partial charge in [-0.1, -0.05) is 35.9 Å². The number of ether oxygens (including phenoxy) is 2. The number of methoxy groups -OCH3 is 1. The Morgan fingerprint density at radius 2 is 2.12 bits per heavy atom. The molecular formula is C18H18N4O2S. The summed E-state index contributed by atoms with van der Waals surface area (Å²) in [5.74, 6) is 1.28. The van der Waals surface area contributed by atoms with Gasteiger partial charge in [-0.2, -0.15) is 14.9 Å². The summed E-state index contributed by atoms with van der Waals surface area (Å²) in [4.78, 5) is 0. The Bertz CT molecular complexity index is 946. The van der Waals surface area contributed by atoms with Crippen LogP contribution < -0.4 is 9.47 Å². The summed E-state index contributed by atoms with van der Waals surface area (Å²) in [5, 5.41) is 10.8. The van der Waals surface area contributed by atoms with Crippen LogP contribution in [-0.4, -0.2) is 28.2 Å². The molecule has 1 aromatic heterocycles. The summed E-state index contributed by atoms with van der Waals surface area (Å²) in [7, 11) is 1.61. The highest BCUT2D eigenvalue weighted by Crippen LogP contribution is 2.31. The highest BCUT2D eigenvalue weighted by Gasteiger charge is 2.10. The zero-order valence-corrected chi connectivity index (χ0v) is 14.8. The third-order valence-corrected chi connectivity index (χ3v) is 3.83. The fraction of sp³-hybridized carbons (Fsp3) is 0.167. The molecule has 0 aliphatic carbocycles. The van der Waals surface area contributed by atoms with Crippen LogP contribution >= 0.6 is 12.2 Å². The van der Waals surface area contributed by atoms with Crippen LogP contribution in [-0.2, 0) is 6.61 Å². The molecule has 0 radical (unpaired) electrons. The van der Waals surface area contributed by atoms with Gasteiger partial charge in [-0.05, 0) is 36.8 Å². The molecule has 0 aliphatic rings. The van der Waals surface area contributed by atoms with Gasteiger partial charge in [0.25, 0.3) is 0 Å². The zero-order valence-electron chi connectivity index (χ0n) is 14.0. The molecule has 0 saturated heterocycles.